The van der Waals surface area contributed by atoms with Crippen molar-refractivity contribution in [2.24, 2.45) is 5.92 Å². The normalized spacial score (nSPS) is 19.2. The highest BCUT2D eigenvalue weighted by molar-refractivity contribution is 7.89. The number of amides is 1. The molecule has 1 aliphatic rings. The molecule has 0 unspecified atom stereocenters. The number of rotatable bonds is 6. The van der Waals surface area contributed by atoms with Crippen molar-refractivity contribution in [3.63, 3.8) is 0 Å². The summed E-state index contributed by atoms with van der Waals surface area (Å²) < 4.78 is 38.6. The second kappa shape index (κ2) is 6.53. The summed E-state index contributed by atoms with van der Waals surface area (Å²) >= 11 is 0. The molecule has 1 aromatic rings. The van der Waals surface area contributed by atoms with E-state index in [1.807, 2.05) is 0 Å². The van der Waals surface area contributed by atoms with Gasteiger partial charge in [0, 0.05) is 25.2 Å². The minimum atomic E-state index is -3.25. The predicted octanol–water partition coefficient (Wildman–Crippen LogP) is 1.51. The molecule has 1 atom stereocenters. The van der Waals surface area contributed by atoms with Gasteiger partial charge in [-0.05, 0) is 36.6 Å². The largest absolute Gasteiger partial charge is 0.312 e. The summed E-state index contributed by atoms with van der Waals surface area (Å²) in [4.78, 5) is 13.5. The molecule has 1 heterocycles. The number of nitrogens with zero attached hydrogens (tertiary/aromatic N) is 1. The van der Waals surface area contributed by atoms with Crippen LogP contribution in [-0.4, -0.2) is 33.2 Å². The number of sulfonamides is 1. The number of halogens is 1. The average Bonchev–Trinajstić information content (AvgIpc) is 2.79. The Labute approximate surface area is 124 Å². The first-order valence-corrected chi connectivity index (χ1v) is 8.60. The van der Waals surface area contributed by atoms with Gasteiger partial charge in [-0.3, -0.25) is 4.79 Å². The molecule has 0 spiro atoms. The zero-order valence-corrected chi connectivity index (χ0v) is 12.7. The molecule has 1 amide bonds. The molecule has 1 fully saturated rings. The molecule has 21 heavy (non-hydrogen) atoms. The third kappa shape index (κ3) is 4.25. The molecule has 1 aliphatic heterocycles. The Hall–Kier alpha value is -1.47. The smallest absolute Gasteiger partial charge is 0.227 e. The van der Waals surface area contributed by atoms with Gasteiger partial charge in [0.25, 0.3) is 0 Å². The number of hydrogen-bond acceptors (Lipinski definition) is 3. The maximum atomic E-state index is 12.9. The van der Waals surface area contributed by atoms with Gasteiger partial charge in [-0.1, -0.05) is 6.92 Å². The van der Waals surface area contributed by atoms with Gasteiger partial charge >= 0.3 is 0 Å². The van der Waals surface area contributed by atoms with Crippen LogP contribution in [0.1, 0.15) is 19.8 Å². The van der Waals surface area contributed by atoms with Crippen LogP contribution in [0.25, 0.3) is 0 Å². The molecular formula is C14H19FN2O3S. The molecule has 0 aliphatic carbocycles. The average molecular weight is 314 g/mol. The fourth-order valence-corrected chi connectivity index (χ4v) is 3.55. The molecule has 1 N–H and O–H groups in total. The molecule has 7 heteroatoms. The van der Waals surface area contributed by atoms with Gasteiger partial charge in [-0.15, -0.1) is 0 Å². The van der Waals surface area contributed by atoms with Crippen molar-refractivity contribution in [3.8, 4) is 0 Å². The van der Waals surface area contributed by atoms with Crippen LogP contribution < -0.4 is 9.62 Å². The maximum absolute atomic E-state index is 12.9. The van der Waals surface area contributed by atoms with Crippen molar-refractivity contribution in [3.05, 3.63) is 30.1 Å². The fraction of sp³-hybridized carbons (Fsp3) is 0.500. The van der Waals surface area contributed by atoms with Crippen LogP contribution in [-0.2, 0) is 14.8 Å². The van der Waals surface area contributed by atoms with Gasteiger partial charge in [-0.2, -0.15) is 0 Å². The summed E-state index contributed by atoms with van der Waals surface area (Å²) in [5, 5.41) is 0. The van der Waals surface area contributed by atoms with Crippen molar-refractivity contribution < 1.29 is 17.6 Å². The van der Waals surface area contributed by atoms with E-state index in [2.05, 4.69) is 4.72 Å². The molecule has 1 saturated heterocycles. The van der Waals surface area contributed by atoms with Crippen molar-refractivity contribution in [2.75, 3.05) is 23.7 Å². The molecule has 0 bridgehead atoms. The molecule has 0 saturated carbocycles. The Bertz CT molecular complexity index is 601. The van der Waals surface area contributed by atoms with E-state index in [4.69, 9.17) is 0 Å². The highest BCUT2D eigenvalue weighted by Crippen LogP contribution is 2.24. The van der Waals surface area contributed by atoms with E-state index in [0.29, 0.717) is 25.1 Å². The minimum Gasteiger partial charge on any atom is -0.312 e. The first-order chi connectivity index (χ1) is 9.91. The Morgan fingerprint density at radius 3 is 2.62 bits per heavy atom. The number of carbonyl (C=O) groups excluding carboxylic acids is 1. The summed E-state index contributed by atoms with van der Waals surface area (Å²) in [6.07, 6.45) is 0.854. The van der Waals surface area contributed by atoms with Crippen LogP contribution in [0.15, 0.2) is 24.3 Å². The molecule has 5 nitrogen and oxygen atoms in total. The molecular weight excluding hydrogens is 295 g/mol. The van der Waals surface area contributed by atoms with E-state index in [-0.39, 0.29) is 29.9 Å². The Morgan fingerprint density at radius 1 is 1.33 bits per heavy atom. The molecule has 0 radical (unpaired) electrons. The van der Waals surface area contributed by atoms with Crippen LogP contribution in [0.4, 0.5) is 10.1 Å². The summed E-state index contributed by atoms with van der Waals surface area (Å²) in [5.41, 5.74) is 0.639. The summed E-state index contributed by atoms with van der Waals surface area (Å²) in [5.74, 6) is -0.389. The quantitative estimate of drug-likeness (QED) is 0.865. The fourth-order valence-electron chi connectivity index (χ4n) is 2.37. The maximum Gasteiger partial charge on any atom is 0.227 e. The molecule has 1 aromatic carbocycles. The lowest BCUT2D eigenvalue weighted by molar-refractivity contribution is -0.117. The van der Waals surface area contributed by atoms with Crippen LogP contribution >= 0.6 is 0 Å². The van der Waals surface area contributed by atoms with Crippen molar-refractivity contribution in [2.45, 2.75) is 19.8 Å². The monoisotopic (exact) mass is 314 g/mol. The van der Waals surface area contributed by atoms with Gasteiger partial charge in [0.1, 0.15) is 5.82 Å². The van der Waals surface area contributed by atoms with Crippen molar-refractivity contribution in [1.29, 1.82) is 0 Å². The third-order valence-electron chi connectivity index (χ3n) is 3.41. The third-order valence-corrected chi connectivity index (χ3v) is 4.96. The Kier molecular flexibility index (Phi) is 4.95. The number of hydrogen-bond donors (Lipinski definition) is 1. The number of benzene rings is 1. The van der Waals surface area contributed by atoms with E-state index >= 15 is 0 Å². The van der Waals surface area contributed by atoms with Crippen molar-refractivity contribution in [1.82, 2.24) is 4.72 Å². The highest BCUT2D eigenvalue weighted by atomic mass is 32.2. The second-order valence-electron chi connectivity index (χ2n) is 5.22. The van der Waals surface area contributed by atoms with E-state index in [1.165, 1.54) is 12.1 Å². The van der Waals surface area contributed by atoms with Crippen molar-refractivity contribution >= 4 is 21.6 Å². The summed E-state index contributed by atoms with van der Waals surface area (Å²) in [7, 11) is -3.25. The number of carbonyl (C=O) groups is 1. The molecule has 116 valence electrons. The molecule has 2 rings (SSSR count). The van der Waals surface area contributed by atoms with E-state index in [0.717, 1.165) is 0 Å². The minimum absolute atomic E-state index is 0.0609. The van der Waals surface area contributed by atoms with E-state index < -0.39 is 10.0 Å². The van der Waals surface area contributed by atoms with E-state index in [1.54, 1.807) is 24.0 Å². The lowest BCUT2D eigenvalue weighted by atomic mass is 10.1. The first-order valence-electron chi connectivity index (χ1n) is 6.94. The number of nitrogens with one attached hydrogen (secondary N) is 1. The first kappa shape index (κ1) is 15.9. The zero-order valence-electron chi connectivity index (χ0n) is 11.9. The SMILES string of the molecule is CCCS(=O)(=O)NC[C@H]1CC(=O)N(c2ccc(F)cc2)C1. The Morgan fingerprint density at radius 2 is 2.00 bits per heavy atom. The second-order valence-corrected chi connectivity index (χ2v) is 7.14. The lowest BCUT2D eigenvalue weighted by Crippen LogP contribution is -2.32. The predicted molar refractivity (Wildman–Crippen MR) is 78.9 cm³/mol. The van der Waals surface area contributed by atoms with Crippen LogP contribution in [0, 0.1) is 11.7 Å². The summed E-state index contributed by atoms with van der Waals surface area (Å²) in [6.45, 7) is 2.50. The van der Waals surface area contributed by atoms with Gasteiger partial charge in [-0.25, -0.2) is 17.5 Å². The van der Waals surface area contributed by atoms with E-state index in [9.17, 15) is 17.6 Å². The lowest BCUT2D eigenvalue weighted by Gasteiger charge is -2.17. The van der Waals surface area contributed by atoms with Crippen LogP contribution in [0.3, 0.4) is 0 Å². The number of anilines is 1. The van der Waals surface area contributed by atoms with Gasteiger partial charge in [0.05, 0.1) is 5.75 Å². The summed E-state index contributed by atoms with van der Waals surface area (Å²) in [6, 6.07) is 5.72. The highest BCUT2D eigenvalue weighted by Gasteiger charge is 2.31. The molecule has 0 aromatic heterocycles. The standard InChI is InChI=1S/C14H19FN2O3S/c1-2-7-21(19,20)16-9-11-8-14(18)17(10-11)13-5-3-12(15)4-6-13/h3-6,11,16H,2,7-10H2,1H3/t11-/m1/s1. The topological polar surface area (TPSA) is 66.5 Å². The van der Waals surface area contributed by atoms with Gasteiger partial charge in [0.2, 0.25) is 15.9 Å². The Balaban J connectivity index is 1.95. The van der Waals surface area contributed by atoms with Crippen LogP contribution in [0.2, 0.25) is 0 Å². The van der Waals surface area contributed by atoms with Gasteiger partial charge in [0.15, 0.2) is 0 Å². The van der Waals surface area contributed by atoms with Crippen LogP contribution in [0.5, 0.6) is 0 Å². The van der Waals surface area contributed by atoms with Gasteiger partial charge < -0.3 is 4.90 Å². The zero-order chi connectivity index (χ0) is 15.5.